The van der Waals surface area contributed by atoms with Crippen LogP contribution in [0.1, 0.15) is 24.1 Å². The summed E-state index contributed by atoms with van der Waals surface area (Å²) in [6.07, 6.45) is 0. The minimum absolute atomic E-state index is 0.224. The van der Waals surface area contributed by atoms with Gasteiger partial charge < -0.3 is 30.1 Å². The number of hydrogen-bond donors (Lipinski definition) is 4. The molecule has 0 spiro atoms. The normalized spacial score (nSPS) is 11.8. The van der Waals surface area contributed by atoms with Crippen LogP contribution in [0, 0.1) is 0 Å². The third-order valence-corrected chi connectivity index (χ3v) is 4.29. The number of nitrogens with one attached hydrogen (secondary N) is 4. The number of rotatable bonds is 6. The van der Waals surface area contributed by atoms with Gasteiger partial charge in [0, 0.05) is 6.54 Å². The Bertz CT molecular complexity index is 1010. The number of carbonyl (C=O) groups is 1. The number of ether oxygens (including phenoxy) is 2. The van der Waals surface area contributed by atoms with Crippen molar-refractivity contribution in [2.24, 2.45) is 0 Å². The molecule has 1 aromatic heterocycles. The first kappa shape index (κ1) is 18.4. The summed E-state index contributed by atoms with van der Waals surface area (Å²) in [5, 5.41) is 5.70. The molecule has 1 heterocycles. The van der Waals surface area contributed by atoms with E-state index in [1.54, 1.807) is 20.3 Å². The quantitative estimate of drug-likeness (QED) is 0.534. The zero-order chi connectivity index (χ0) is 19.4. The molecule has 142 valence electrons. The molecule has 1 atom stereocenters. The van der Waals surface area contributed by atoms with Gasteiger partial charge in [0.15, 0.2) is 11.5 Å². The second-order valence-corrected chi connectivity index (χ2v) is 6.12. The van der Waals surface area contributed by atoms with E-state index in [0.29, 0.717) is 23.6 Å². The Hall–Kier alpha value is -3.42. The number of H-pyrrole nitrogens is 2. The predicted molar refractivity (Wildman–Crippen MR) is 102 cm³/mol. The first-order valence-corrected chi connectivity index (χ1v) is 8.47. The number of methoxy groups -OCH3 is 2. The van der Waals surface area contributed by atoms with E-state index in [4.69, 9.17) is 9.47 Å². The van der Waals surface area contributed by atoms with Gasteiger partial charge in [-0.15, -0.1) is 0 Å². The molecule has 3 rings (SSSR count). The average Bonchev–Trinajstić information content (AvgIpc) is 3.05. The number of carbonyl (C=O) groups excluding carboxylic acids is 1. The molecule has 0 unspecified atom stereocenters. The summed E-state index contributed by atoms with van der Waals surface area (Å²) in [6.45, 7) is 2.23. The minimum Gasteiger partial charge on any atom is -0.493 e. The Morgan fingerprint density at radius 1 is 1.04 bits per heavy atom. The number of imidazole rings is 1. The van der Waals surface area contributed by atoms with Crippen LogP contribution in [0.25, 0.3) is 11.0 Å². The van der Waals surface area contributed by atoms with Gasteiger partial charge >= 0.3 is 11.7 Å². The third kappa shape index (κ3) is 4.22. The zero-order valence-corrected chi connectivity index (χ0v) is 15.4. The molecule has 8 heteroatoms. The molecular weight excluding hydrogens is 348 g/mol. The van der Waals surface area contributed by atoms with Crippen molar-refractivity contribution in [3.05, 3.63) is 58.0 Å². The van der Waals surface area contributed by atoms with Gasteiger partial charge in [-0.2, -0.15) is 0 Å². The number of aromatic nitrogens is 2. The molecule has 2 aromatic carbocycles. The summed E-state index contributed by atoms with van der Waals surface area (Å²) in [6, 6.07) is 10.5. The second kappa shape index (κ2) is 7.86. The van der Waals surface area contributed by atoms with Crippen molar-refractivity contribution in [1.82, 2.24) is 20.6 Å². The maximum Gasteiger partial charge on any atom is 0.323 e. The van der Waals surface area contributed by atoms with Crippen LogP contribution >= 0.6 is 0 Å². The summed E-state index contributed by atoms with van der Waals surface area (Å²) < 4.78 is 10.5. The molecule has 0 radical (unpaired) electrons. The standard InChI is InChI=1S/C19H22N4O4/c1-11(13-5-6-14-15(9-13)23-19(25)22-14)21-18(24)20-10-12-4-7-16(26-2)17(8-12)27-3/h4-9,11H,10H2,1-3H3,(H2,20,21,24)(H2,22,23,25)/t11-/m0/s1. The molecule has 3 aromatic rings. The molecule has 2 amide bonds. The Balaban J connectivity index is 1.60. The van der Waals surface area contributed by atoms with Crippen LogP contribution in [0.3, 0.4) is 0 Å². The number of aromatic amines is 2. The fourth-order valence-corrected chi connectivity index (χ4v) is 2.82. The minimum atomic E-state index is -0.292. The van der Waals surface area contributed by atoms with E-state index in [1.165, 1.54) is 0 Å². The summed E-state index contributed by atoms with van der Waals surface area (Å²) in [5.41, 5.74) is 2.96. The Morgan fingerprint density at radius 3 is 2.52 bits per heavy atom. The number of amides is 2. The van der Waals surface area contributed by atoms with Gasteiger partial charge in [-0.05, 0) is 42.3 Å². The topological polar surface area (TPSA) is 108 Å². The van der Waals surface area contributed by atoms with E-state index in [0.717, 1.165) is 16.6 Å². The molecule has 8 nitrogen and oxygen atoms in total. The van der Waals surface area contributed by atoms with Crippen LogP contribution in [0.5, 0.6) is 11.5 Å². The highest BCUT2D eigenvalue weighted by Crippen LogP contribution is 2.27. The number of urea groups is 1. The SMILES string of the molecule is COc1ccc(CNC(=O)N[C@@H](C)c2ccc3[nH]c(=O)[nH]c3c2)cc1OC. The van der Waals surface area contributed by atoms with Crippen LogP contribution in [0.2, 0.25) is 0 Å². The highest BCUT2D eigenvalue weighted by Gasteiger charge is 2.11. The zero-order valence-electron chi connectivity index (χ0n) is 15.4. The lowest BCUT2D eigenvalue weighted by molar-refractivity contribution is 0.237. The monoisotopic (exact) mass is 370 g/mol. The van der Waals surface area contributed by atoms with Crippen LogP contribution in [-0.4, -0.2) is 30.2 Å². The fourth-order valence-electron chi connectivity index (χ4n) is 2.82. The first-order chi connectivity index (χ1) is 13.0. The average molecular weight is 370 g/mol. The summed E-state index contributed by atoms with van der Waals surface area (Å²) in [5.74, 6) is 1.25. The molecule has 0 aliphatic heterocycles. The maximum atomic E-state index is 12.2. The van der Waals surface area contributed by atoms with Crippen LogP contribution in [-0.2, 0) is 6.54 Å². The predicted octanol–water partition coefficient (Wildman–Crippen LogP) is 2.43. The molecule has 0 aliphatic rings. The molecule has 0 fully saturated rings. The summed E-state index contributed by atoms with van der Waals surface area (Å²) >= 11 is 0. The van der Waals surface area contributed by atoms with E-state index in [2.05, 4.69) is 20.6 Å². The molecule has 0 saturated carbocycles. The molecular formula is C19H22N4O4. The maximum absolute atomic E-state index is 12.2. The highest BCUT2D eigenvalue weighted by atomic mass is 16.5. The fraction of sp³-hybridized carbons (Fsp3) is 0.263. The van der Waals surface area contributed by atoms with Crippen molar-refractivity contribution >= 4 is 17.1 Å². The van der Waals surface area contributed by atoms with Gasteiger partial charge in [-0.25, -0.2) is 9.59 Å². The van der Waals surface area contributed by atoms with Gasteiger partial charge in [0.05, 0.1) is 31.3 Å². The number of fused-ring (bicyclic) bond motifs is 1. The van der Waals surface area contributed by atoms with Crippen molar-refractivity contribution in [2.45, 2.75) is 19.5 Å². The number of benzene rings is 2. The largest absolute Gasteiger partial charge is 0.493 e. The van der Waals surface area contributed by atoms with E-state index >= 15 is 0 Å². The first-order valence-electron chi connectivity index (χ1n) is 8.47. The summed E-state index contributed by atoms with van der Waals surface area (Å²) in [7, 11) is 3.14. The summed E-state index contributed by atoms with van der Waals surface area (Å²) in [4.78, 5) is 29.0. The van der Waals surface area contributed by atoms with Crippen LogP contribution < -0.4 is 25.8 Å². The Kier molecular flexibility index (Phi) is 5.35. The van der Waals surface area contributed by atoms with Crippen LogP contribution in [0.15, 0.2) is 41.2 Å². The Labute approximate surface area is 155 Å². The van der Waals surface area contributed by atoms with Gasteiger partial charge in [0.1, 0.15) is 0 Å². The number of hydrogen-bond acceptors (Lipinski definition) is 4. The lowest BCUT2D eigenvalue weighted by atomic mass is 10.1. The lowest BCUT2D eigenvalue weighted by Crippen LogP contribution is -2.36. The molecule has 0 bridgehead atoms. The van der Waals surface area contributed by atoms with Gasteiger partial charge in [0.2, 0.25) is 0 Å². The van der Waals surface area contributed by atoms with Crippen molar-refractivity contribution < 1.29 is 14.3 Å². The second-order valence-electron chi connectivity index (χ2n) is 6.12. The van der Waals surface area contributed by atoms with Gasteiger partial charge in [0.25, 0.3) is 0 Å². The highest BCUT2D eigenvalue weighted by molar-refractivity contribution is 5.77. The molecule has 4 N–H and O–H groups in total. The van der Waals surface area contributed by atoms with Crippen molar-refractivity contribution in [2.75, 3.05) is 14.2 Å². The smallest absolute Gasteiger partial charge is 0.323 e. The van der Waals surface area contributed by atoms with Crippen LogP contribution in [0.4, 0.5) is 4.79 Å². The lowest BCUT2D eigenvalue weighted by Gasteiger charge is -2.15. The van der Waals surface area contributed by atoms with E-state index < -0.39 is 0 Å². The molecule has 0 saturated heterocycles. The van der Waals surface area contributed by atoms with Crippen molar-refractivity contribution in [1.29, 1.82) is 0 Å². The Morgan fingerprint density at radius 2 is 1.78 bits per heavy atom. The van der Waals surface area contributed by atoms with Gasteiger partial charge in [-0.3, -0.25) is 0 Å². The molecule has 0 aliphatic carbocycles. The van der Waals surface area contributed by atoms with Crippen molar-refractivity contribution in [3.63, 3.8) is 0 Å². The van der Waals surface area contributed by atoms with Crippen molar-refractivity contribution in [3.8, 4) is 11.5 Å². The van der Waals surface area contributed by atoms with E-state index in [9.17, 15) is 9.59 Å². The van der Waals surface area contributed by atoms with Gasteiger partial charge in [-0.1, -0.05) is 12.1 Å². The molecule has 27 heavy (non-hydrogen) atoms. The van der Waals surface area contributed by atoms with E-state index in [1.807, 2.05) is 37.3 Å². The third-order valence-electron chi connectivity index (χ3n) is 4.29. The van der Waals surface area contributed by atoms with E-state index in [-0.39, 0.29) is 17.8 Å².